The van der Waals surface area contributed by atoms with Crippen LogP contribution in [0.4, 0.5) is 0 Å². The van der Waals surface area contributed by atoms with Crippen LogP contribution in [0.1, 0.15) is 12.0 Å². The first-order chi connectivity index (χ1) is 8.33. The molecule has 0 spiro atoms. The standard InChI is InChI=1S/C14H16BNO/c15-13-3-1-11(2-4-13)12-5-7-16(8-6-12)14-9-17-10-14/h1-5,14H,6-10H2. The summed E-state index contributed by atoms with van der Waals surface area (Å²) in [6.07, 6.45) is 3.47. The van der Waals surface area contributed by atoms with E-state index in [1.54, 1.807) is 0 Å². The second-order valence-corrected chi connectivity index (χ2v) is 4.79. The van der Waals surface area contributed by atoms with Crippen molar-refractivity contribution in [2.24, 2.45) is 0 Å². The van der Waals surface area contributed by atoms with E-state index in [1.807, 2.05) is 12.1 Å². The predicted molar refractivity (Wildman–Crippen MR) is 70.6 cm³/mol. The van der Waals surface area contributed by atoms with E-state index >= 15 is 0 Å². The molecule has 3 heteroatoms. The lowest BCUT2D eigenvalue weighted by Gasteiger charge is -2.38. The predicted octanol–water partition coefficient (Wildman–Crippen LogP) is 0.968. The lowest BCUT2D eigenvalue weighted by molar-refractivity contribution is -0.0612. The van der Waals surface area contributed by atoms with E-state index in [0.29, 0.717) is 6.04 Å². The van der Waals surface area contributed by atoms with Crippen LogP contribution in [-0.2, 0) is 4.74 Å². The highest BCUT2D eigenvalue weighted by Gasteiger charge is 2.26. The van der Waals surface area contributed by atoms with Gasteiger partial charge in [0, 0.05) is 13.1 Å². The van der Waals surface area contributed by atoms with E-state index in [4.69, 9.17) is 12.6 Å². The average molecular weight is 225 g/mol. The van der Waals surface area contributed by atoms with Gasteiger partial charge in [-0.25, -0.2) is 0 Å². The Morgan fingerprint density at radius 3 is 2.47 bits per heavy atom. The van der Waals surface area contributed by atoms with E-state index in [-0.39, 0.29) is 0 Å². The molecule has 1 saturated heterocycles. The van der Waals surface area contributed by atoms with E-state index in [1.165, 1.54) is 11.1 Å². The number of benzene rings is 1. The monoisotopic (exact) mass is 225 g/mol. The van der Waals surface area contributed by atoms with Crippen molar-refractivity contribution in [2.45, 2.75) is 12.5 Å². The molecule has 86 valence electrons. The molecule has 1 fully saturated rings. The molecule has 2 radical (unpaired) electrons. The minimum atomic E-state index is 0.652. The Balaban J connectivity index is 1.69. The van der Waals surface area contributed by atoms with Gasteiger partial charge in [0.15, 0.2) is 0 Å². The van der Waals surface area contributed by atoms with E-state index in [9.17, 15) is 0 Å². The zero-order valence-corrected chi connectivity index (χ0v) is 9.93. The lowest BCUT2D eigenvalue weighted by Crippen LogP contribution is -2.50. The number of nitrogens with zero attached hydrogens (tertiary/aromatic N) is 1. The van der Waals surface area contributed by atoms with Gasteiger partial charge in [-0.3, -0.25) is 4.90 Å². The summed E-state index contributed by atoms with van der Waals surface area (Å²) in [6, 6.07) is 8.83. The summed E-state index contributed by atoms with van der Waals surface area (Å²) >= 11 is 0. The number of hydrogen-bond donors (Lipinski definition) is 0. The van der Waals surface area contributed by atoms with Crippen molar-refractivity contribution in [3.8, 4) is 0 Å². The molecule has 0 amide bonds. The SMILES string of the molecule is [B]c1ccc(C2=CCN(C3COC3)CC2)cc1. The van der Waals surface area contributed by atoms with Gasteiger partial charge in [-0.15, -0.1) is 0 Å². The molecule has 2 heterocycles. The van der Waals surface area contributed by atoms with Crippen molar-refractivity contribution < 1.29 is 4.74 Å². The third-order valence-corrected chi connectivity index (χ3v) is 3.66. The van der Waals surface area contributed by atoms with Crippen LogP contribution in [0.25, 0.3) is 5.57 Å². The van der Waals surface area contributed by atoms with Crippen molar-refractivity contribution >= 4 is 18.9 Å². The zero-order chi connectivity index (χ0) is 11.7. The van der Waals surface area contributed by atoms with Crippen LogP contribution in [0.15, 0.2) is 30.3 Å². The number of hydrogen-bond acceptors (Lipinski definition) is 2. The van der Waals surface area contributed by atoms with Gasteiger partial charge < -0.3 is 4.74 Å². The molecule has 0 N–H and O–H groups in total. The van der Waals surface area contributed by atoms with Gasteiger partial charge >= 0.3 is 0 Å². The molecule has 0 aliphatic carbocycles. The van der Waals surface area contributed by atoms with Crippen molar-refractivity contribution in [1.82, 2.24) is 4.90 Å². The van der Waals surface area contributed by atoms with E-state index in [0.717, 1.165) is 38.2 Å². The van der Waals surface area contributed by atoms with Gasteiger partial charge in [0.25, 0.3) is 0 Å². The zero-order valence-electron chi connectivity index (χ0n) is 9.93. The van der Waals surface area contributed by atoms with Gasteiger partial charge in [0.1, 0.15) is 7.85 Å². The number of rotatable bonds is 2. The second-order valence-electron chi connectivity index (χ2n) is 4.79. The fourth-order valence-electron chi connectivity index (χ4n) is 2.41. The molecular weight excluding hydrogens is 209 g/mol. The largest absolute Gasteiger partial charge is 0.378 e. The van der Waals surface area contributed by atoms with Crippen LogP contribution in [-0.4, -0.2) is 45.1 Å². The molecule has 2 aliphatic rings. The Kier molecular flexibility index (Phi) is 3.04. The van der Waals surface area contributed by atoms with Crippen LogP contribution in [0.5, 0.6) is 0 Å². The van der Waals surface area contributed by atoms with Gasteiger partial charge in [0.2, 0.25) is 0 Å². The van der Waals surface area contributed by atoms with Crippen LogP contribution in [0.3, 0.4) is 0 Å². The first kappa shape index (κ1) is 11.1. The summed E-state index contributed by atoms with van der Waals surface area (Å²) in [5, 5.41) is 0. The molecule has 1 aromatic carbocycles. The molecule has 17 heavy (non-hydrogen) atoms. The average Bonchev–Trinajstić information content (AvgIpc) is 2.29. The summed E-state index contributed by atoms with van der Waals surface area (Å²) in [5.74, 6) is 0. The van der Waals surface area contributed by atoms with E-state index < -0.39 is 0 Å². The quantitative estimate of drug-likeness (QED) is 0.695. The van der Waals surface area contributed by atoms with Crippen LogP contribution in [0.2, 0.25) is 0 Å². The Morgan fingerprint density at radius 2 is 1.94 bits per heavy atom. The first-order valence-corrected chi connectivity index (χ1v) is 6.20. The Morgan fingerprint density at radius 1 is 1.18 bits per heavy atom. The second kappa shape index (κ2) is 4.67. The molecule has 0 bridgehead atoms. The fraction of sp³-hybridized carbons (Fsp3) is 0.429. The summed E-state index contributed by atoms with van der Waals surface area (Å²) in [5.41, 5.74) is 3.59. The highest BCUT2D eigenvalue weighted by Crippen LogP contribution is 2.24. The van der Waals surface area contributed by atoms with Crippen LogP contribution >= 0.6 is 0 Å². The van der Waals surface area contributed by atoms with Gasteiger partial charge in [-0.2, -0.15) is 0 Å². The maximum atomic E-state index is 5.70. The Labute approximate surface area is 104 Å². The molecular formula is C14H16BNO. The van der Waals surface area contributed by atoms with Crippen molar-refractivity contribution in [1.29, 1.82) is 0 Å². The molecule has 2 aliphatic heterocycles. The van der Waals surface area contributed by atoms with Crippen LogP contribution in [0, 0.1) is 0 Å². The topological polar surface area (TPSA) is 12.5 Å². The smallest absolute Gasteiger partial charge is 0.113 e. The summed E-state index contributed by atoms with van der Waals surface area (Å²) in [4.78, 5) is 2.50. The maximum Gasteiger partial charge on any atom is 0.113 e. The van der Waals surface area contributed by atoms with Crippen molar-refractivity contribution in [2.75, 3.05) is 26.3 Å². The Bertz CT molecular complexity index is 422. The minimum Gasteiger partial charge on any atom is -0.378 e. The maximum absolute atomic E-state index is 5.70. The van der Waals surface area contributed by atoms with E-state index in [2.05, 4.69) is 23.1 Å². The Hall–Kier alpha value is -1.06. The molecule has 0 unspecified atom stereocenters. The van der Waals surface area contributed by atoms with Crippen molar-refractivity contribution in [3.05, 3.63) is 35.9 Å². The highest BCUT2D eigenvalue weighted by atomic mass is 16.5. The molecule has 0 saturated carbocycles. The van der Waals surface area contributed by atoms with Gasteiger partial charge in [-0.05, 0) is 17.6 Å². The first-order valence-electron chi connectivity index (χ1n) is 6.20. The van der Waals surface area contributed by atoms with Gasteiger partial charge in [0.05, 0.1) is 19.3 Å². The lowest BCUT2D eigenvalue weighted by atomic mass is 9.92. The normalized spacial score (nSPS) is 22.0. The molecule has 2 nitrogen and oxygen atoms in total. The fourth-order valence-corrected chi connectivity index (χ4v) is 2.41. The molecule has 3 rings (SSSR count). The van der Waals surface area contributed by atoms with Crippen LogP contribution < -0.4 is 5.46 Å². The molecule has 0 aromatic heterocycles. The third-order valence-electron chi connectivity index (χ3n) is 3.66. The number of ether oxygens (including phenoxy) is 1. The highest BCUT2D eigenvalue weighted by molar-refractivity contribution is 6.32. The summed E-state index contributed by atoms with van der Waals surface area (Å²) in [6.45, 7) is 4.01. The van der Waals surface area contributed by atoms with Crippen molar-refractivity contribution in [3.63, 3.8) is 0 Å². The minimum absolute atomic E-state index is 0.652. The molecule has 1 aromatic rings. The summed E-state index contributed by atoms with van der Waals surface area (Å²) < 4.78 is 5.24. The third kappa shape index (κ3) is 2.31. The summed E-state index contributed by atoms with van der Waals surface area (Å²) in [7, 11) is 5.70. The van der Waals surface area contributed by atoms with Gasteiger partial charge in [-0.1, -0.05) is 35.8 Å². The molecule has 0 atom stereocenters.